The molecular formula is C14H15ClN4O. The van der Waals surface area contributed by atoms with Crippen LogP contribution in [-0.4, -0.2) is 30.0 Å². The van der Waals surface area contributed by atoms with Gasteiger partial charge in [0.25, 0.3) is 5.91 Å². The zero-order chi connectivity index (χ0) is 14.5. The standard InChI is InChI=1S/C14H15ClN4O/c1-19(2)14-16-8-7-10(18-14)9-17-13(20)11-5-3-4-6-12(11)15/h3-8H,9H2,1-2H3,(H,17,20). The lowest BCUT2D eigenvalue weighted by molar-refractivity contribution is 0.0950. The van der Waals surface area contributed by atoms with Crippen LogP contribution in [0.4, 0.5) is 5.95 Å². The summed E-state index contributed by atoms with van der Waals surface area (Å²) in [4.78, 5) is 22.3. The summed E-state index contributed by atoms with van der Waals surface area (Å²) in [6.07, 6.45) is 1.67. The summed E-state index contributed by atoms with van der Waals surface area (Å²) in [7, 11) is 3.73. The molecule has 0 atom stereocenters. The molecule has 1 aromatic heterocycles. The zero-order valence-electron chi connectivity index (χ0n) is 11.3. The Labute approximate surface area is 122 Å². The quantitative estimate of drug-likeness (QED) is 0.937. The van der Waals surface area contributed by atoms with E-state index in [0.29, 0.717) is 23.1 Å². The van der Waals surface area contributed by atoms with Crippen LogP contribution < -0.4 is 10.2 Å². The van der Waals surface area contributed by atoms with Gasteiger partial charge in [-0.3, -0.25) is 4.79 Å². The number of amides is 1. The van der Waals surface area contributed by atoms with Crippen LogP contribution in [0.1, 0.15) is 16.1 Å². The SMILES string of the molecule is CN(C)c1nccc(CNC(=O)c2ccccc2Cl)n1. The summed E-state index contributed by atoms with van der Waals surface area (Å²) in [5, 5.41) is 3.22. The first-order chi connectivity index (χ1) is 9.58. The highest BCUT2D eigenvalue weighted by atomic mass is 35.5. The fraction of sp³-hybridized carbons (Fsp3) is 0.214. The minimum Gasteiger partial charge on any atom is -0.347 e. The van der Waals surface area contributed by atoms with Crippen LogP contribution in [0.25, 0.3) is 0 Å². The normalized spacial score (nSPS) is 10.2. The number of rotatable bonds is 4. The lowest BCUT2D eigenvalue weighted by Crippen LogP contribution is -2.24. The van der Waals surface area contributed by atoms with Crippen molar-refractivity contribution in [1.29, 1.82) is 0 Å². The molecule has 0 unspecified atom stereocenters. The number of benzene rings is 1. The first-order valence-corrected chi connectivity index (χ1v) is 6.47. The van der Waals surface area contributed by atoms with Crippen molar-refractivity contribution in [2.75, 3.05) is 19.0 Å². The van der Waals surface area contributed by atoms with Gasteiger partial charge in [-0.25, -0.2) is 9.97 Å². The average molecular weight is 291 g/mol. The largest absolute Gasteiger partial charge is 0.347 e. The van der Waals surface area contributed by atoms with Crippen molar-refractivity contribution in [2.45, 2.75) is 6.54 Å². The van der Waals surface area contributed by atoms with Crippen molar-refractivity contribution in [3.63, 3.8) is 0 Å². The van der Waals surface area contributed by atoms with E-state index < -0.39 is 0 Å². The smallest absolute Gasteiger partial charge is 0.253 e. The molecule has 0 radical (unpaired) electrons. The summed E-state index contributed by atoms with van der Waals surface area (Å²) in [5.41, 5.74) is 1.19. The summed E-state index contributed by atoms with van der Waals surface area (Å²) in [6, 6.07) is 8.69. The predicted molar refractivity (Wildman–Crippen MR) is 79.0 cm³/mol. The van der Waals surface area contributed by atoms with Crippen LogP contribution in [0.15, 0.2) is 36.5 Å². The van der Waals surface area contributed by atoms with E-state index in [1.807, 2.05) is 14.1 Å². The van der Waals surface area contributed by atoms with E-state index in [4.69, 9.17) is 11.6 Å². The minimum atomic E-state index is -0.222. The topological polar surface area (TPSA) is 58.1 Å². The van der Waals surface area contributed by atoms with Crippen molar-refractivity contribution in [3.05, 3.63) is 52.8 Å². The Morgan fingerprint density at radius 1 is 1.30 bits per heavy atom. The molecule has 0 aliphatic carbocycles. The second-order valence-corrected chi connectivity index (χ2v) is 4.81. The molecule has 2 aromatic rings. The minimum absolute atomic E-state index is 0.222. The van der Waals surface area contributed by atoms with Gasteiger partial charge in [-0.15, -0.1) is 0 Å². The van der Waals surface area contributed by atoms with Gasteiger partial charge in [-0.05, 0) is 18.2 Å². The van der Waals surface area contributed by atoms with Gasteiger partial charge < -0.3 is 10.2 Å². The number of nitrogens with zero attached hydrogens (tertiary/aromatic N) is 3. The monoisotopic (exact) mass is 290 g/mol. The van der Waals surface area contributed by atoms with Gasteiger partial charge in [-0.1, -0.05) is 23.7 Å². The van der Waals surface area contributed by atoms with Gasteiger partial charge in [0.15, 0.2) is 0 Å². The molecule has 0 aliphatic heterocycles. The van der Waals surface area contributed by atoms with Gasteiger partial charge in [0, 0.05) is 20.3 Å². The van der Waals surface area contributed by atoms with Crippen molar-refractivity contribution in [3.8, 4) is 0 Å². The van der Waals surface area contributed by atoms with Crippen LogP contribution in [0, 0.1) is 0 Å². The maximum atomic E-state index is 12.0. The van der Waals surface area contributed by atoms with Crippen molar-refractivity contribution in [2.24, 2.45) is 0 Å². The average Bonchev–Trinajstić information content (AvgIpc) is 2.45. The molecule has 2 rings (SSSR count). The molecule has 6 heteroatoms. The van der Waals surface area contributed by atoms with E-state index in [2.05, 4.69) is 15.3 Å². The molecule has 104 valence electrons. The number of aromatic nitrogens is 2. The summed E-state index contributed by atoms with van der Waals surface area (Å²) in [6.45, 7) is 0.327. The second-order valence-electron chi connectivity index (χ2n) is 4.40. The number of halogens is 1. The van der Waals surface area contributed by atoms with E-state index in [-0.39, 0.29) is 5.91 Å². The van der Waals surface area contributed by atoms with E-state index in [0.717, 1.165) is 5.69 Å². The molecule has 5 nitrogen and oxygen atoms in total. The van der Waals surface area contributed by atoms with Crippen LogP contribution in [0.3, 0.4) is 0 Å². The molecular weight excluding hydrogens is 276 g/mol. The Kier molecular flexibility index (Phi) is 4.53. The maximum Gasteiger partial charge on any atom is 0.253 e. The first kappa shape index (κ1) is 14.3. The Balaban J connectivity index is 2.04. The third-order valence-electron chi connectivity index (χ3n) is 2.65. The van der Waals surface area contributed by atoms with Crippen molar-refractivity contribution >= 4 is 23.5 Å². The molecule has 1 aromatic carbocycles. The Morgan fingerprint density at radius 2 is 2.05 bits per heavy atom. The highest BCUT2D eigenvalue weighted by Crippen LogP contribution is 2.14. The number of hydrogen-bond acceptors (Lipinski definition) is 4. The van der Waals surface area contributed by atoms with Gasteiger partial charge in [-0.2, -0.15) is 0 Å². The van der Waals surface area contributed by atoms with Gasteiger partial charge >= 0.3 is 0 Å². The molecule has 0 bridgehead atoms. The maximum absolute atomic E-state index is 12.0. The third-order valence-corrected chi connectivity index (χ3v) is 2.98. The molecule has 1 amide bonds. The van der Waals surface area contributed by atoms with Gasteiger partial charge in [0.1, 0.15) is 0 Å². The lowest BCUT2D eigenvalue weighted by Gasteiger charge is -2.11. The lowest BCUT2D eigenvalue weighted by atomic mass is 10.2. The van der Waals surface area contributed by atoms with Crippen molar-refractivity contribution < 1.29 is 4.79 Å². The predicted octanol–water partition coefficient (Wildman–Crippen LogP) is 2.13. The van der Waals surface area contributed by atoms with E-state index in [1.54, 1.807) is 41.4 Å². The van der Waals surface area contributed by atoms with Crippen LogP contribution in [0.2, 0.25) is 5.02 Å². The first-order valence-electron chi connectivity index (χ1n) is 6.10. The van der Waals surface area contributed by atoms with E-state index >= 15 is 0 Å². The fourth-order valence-electron chi connectivity index (χ4n) is 1.61. The van der Waals surface area contributed by atoms with Crippen LogP contribution in [0.5, 0.6) is 0 Å². The van der Waals surface area contributed by atoms with Crippen LogP contribution in [-0.2, 0) is 6.54 Å². The Bertz CT molecular complexity index is 616. The number of nitrogens with one attached hydrogen (secondary N) is 1. The second kappa shape index (κ2) is 6.34. The highest BCUT2D eigenvalue weighted by Gasteiger charge is 2.09. The molecule has 1 N–H and O–H groups in total. The summed E-state index contributed by atoms with van der Waals surface area (Å²) >= 11 is 5.97. The molecule has 0 saturated carbocycles. The third kappa shape index (κ3) is 3.45. The van der Waals surface area contributed by atoms with Crippen molar-refractivity contribution in [1.82, 2.24) is 15.3 Å². The molecule has 0 spiro atoms. The Morgan fingerprint density at radius 3 is 2.75 bits per heavy atom. The molecule has 0 saturated heterocycles. The number of carbonyl (C=O) groups excluding carboxylic acids is 1. The van der Waals surface area contributed by atoms with Gasteiger partial charge in [0.2, 0.25) is 5.95 Å². The number of carbonyl (C=O) groups is 1. The zero-order valence-corrected chi connectivity index (χ0v) is 12.1. The Hall–Kier alpha value is -2.14. The molecule has 0 aliphatic rings. The molecule has 20 heavy (non-hydrogen) atoms. The van der Waals surface area contributed by atoms with E-state index in [9.17, 15) is 4.79 Å². The summed E-state index contributed by atoms with van der Waals surface area (Å²) < 4.78 is 0. The van der Waals surface area contributed by atoms with E-state index in [1.165, 1.54) is 0 Å². The summed E-state index contributed by atoms with van der Waals surface area (Å²) in [5.74, 6) is 0.384. The number of hydrogen-bond donors (Lipinski definition) is 1. The van der Waals surface area contributed by atoms with Crippen LogP contribution >= 0.6 is 11.6 Å². The van der Waals surface area contributed by atoms with Gasteiger partial charge in [0.05, 0.1) is 22.8 Å². The molecule has 1 heterocycles. The fourth-order valence-corrected chi connectivity index (χ4v) is 1.83. The highest BCUT2D eigenvalue weighted by molar-refractivity contribution is 6.33. The number of anilines is 1. The molecule has 0 fully saturated rings.